The maximum Gasteiger partial charge on any atom is 0.412 e. The highest BCUT2D eigenvalue weighted by Gasteiger charge is 2.42. The van der Waals surface area contributed by atoms with Gasteiger partial charge in [0, 0.05) is 58.1 Å². The fraction of sp³-hybridized carbons (Fsp3) is 0.448. The van der Waals surface area contributed by atoms with Gasteiger partial charge in [0.05, 0.1) is 5.69 Å². The lowest BCUT2D eigenvalue weighted by Crippen LogP contribution is -2.54. The Morgan fingerprint density at radius 1 is 1.06 bits per heavy atom. The predicted molar refractivity (Wildman–Crippen MR) is 143 cm³/mol. The van der Waals surface area contributed by atoms with Crippen LogP contribution in [-0.4, -0.2) is 66.4 Å². The summed E-state index contributed by atoms with van der Waals surface area (Å²) in [5.74, 6) is 0. The number of nitrogens with zero attached hydrogens (tertiary/aromatic N) is 2. The molecule has 7 heteroatoms. The van der Waals surface area contributed by atoms with Crippen molar-refractivity contribution in [1.82, 2.24) is 9.80 Å². The van der Waals surface area contributed by atoms with Gasteiger partial charge in [-0.05, 0) is 38.0 Å². The van der Waals surface area contributed by atoms with E-state index in [2.05, 4.69) is 10.2 Å². The Hall–Kier alpha value is -3.32. The van der Waals surface area contributed by atoms with Crippen LogP contribution in [-0.2, 0) is 9.47 Å². The molecule has 7 nitrogen and oxygen atoms in total. The lowest BCUT2D eigenvalue weighted by Gasteiger charge is -2.47. The van der Waals surface area contributed by atoms with Gasteiger partial charge in [0.15, 0.2) is 0 Å². The average molecular weight is 492 g/mol. The zero-order valence-electron chi connectivity index (χ0n) is 21.8. The molecule has 36 heavy (non-hydrogen) atoms. The summed E-state index contributed by atoms with van der Waals surface area (Å²) in [4.78, 5) is 29.2. The van der Waals surface area contributed by atoms with E-state index < -0.39 is 11.7 Å². The minimum atomic E-state index is -0.536. The monoisotopic (exact) mass is 491 g/mol. The number of carbonyl (C=O) groups excluding carboxylic acids is 2. The molecule has 1 N–H and O–H groups in total. The molecule has 2 aromatic rings. The normalized spacial score (nSPS) is 21.3. The van der Waals surface area contributed by atoms with Crippen molar-refractivity contribution in [3.05, 3.63) is 60.2 Å². The number of carbonyl (C=O) groups is 2. The third-order valence-electron chi connectivity index (χ3n) is 6.72. The summed E-state index contributed by atoms with van der Waals surface area (Å²) >= 11 is 0. The summed E-state index contributed by atoms with van der Waals surface area (Å²) in [6.45, 7) is 8.90. The van der Waals surface area contributed by atoms with Crippen LogP contribution in [0.5, 0.6) is 0 Å². The van der Waals surface area contributed by atoms with Crippen LogP contribution in [0, 0.1) is 0 Å². The molecule has 0 saturated carbocycles. The highest BCUT2D eigenvalue weighted by molar-refractivity contribution is 5.92. The Bertz CT molecular complexity index is 1090. The minimum absolute atomic E-state index is 0.352. The molecule has 0 aromatic heterocycles. The molecule has 3 heterocycles. The van der Waals surface area contributed by atoms with Gasteiger partial charge >= 0.3 is 12.2 Å². The molecule has 0 aliphatic carbocycles. The molecular weight excluding hydrogens is 454 g/mol. The molecule has 0 spiro atoms. The molecule has 2 bridgehead atoms. The smallest absolute Gasteiger partial charge is 0.412 e. The van der Waals surface area contributed by atoms with Crippen molar-refractivity contribution in [2.24, 2.45) is 0 Å². The Morgan fingerprint density at radius 2 is 1.72 bits per heavy atom. The fourth-order valence-corrected chi connectivity index (χ4v) is 4.68. The Morgan fingerprint density at radius 3 is 2.36 bits per heavy atom. The number of hydrogen-bond donors (Lipinski definition) is 1. The predicted octanol–water partition coefficient (Wildman–Crippen LogP) is 6.02. The first kappa shape index (κ1) is 25.8. The number of anilines is 1. The van der Waals surface area contributed by atoms with Crippen molar-refractivity contribution in [1.29, 1.82) is 0 Å². The lowest BCUT2D eigenvalue weighted by molar-refractivity contribution is -0.0742. The standard InChI is InChI=1S/C29H37N3O4/c1-28(2,3)36-27(34)31(4)17-8-9-22-12-13-24(23-10-6-5-7-11-23)25(21-22)30-26(33)35-29-14-18-32(19-15-29)20-16-29/h5-13,21H,14-20H2,1-4H3,(H,30,33)/b9-8+. The maximum absolute atomic E-state index is 13.0. The van der Waals surface area contributed by atoms with Crippen molar-refractivity contribution in [2.75, 3.05) is 38.5 Å². The number of hydrogen-bond acceptors (Lipinski definition) is 5. The third-order valence-corrected chi connectivity index (χ3v) is 6.72. The lowest BCUT2D eigenvalue weighted by atomic mass is 9.83. The van der Waals surface area contributed by atoms with E-state index in [0.29, 0.717) is 12.2 Å². The second-order valence-electron chi connectivity index (χ2n) is 10.7. The van der Waals surface area contributed by atoms with Gasteiger partial charge in [-0.25, -0.2) is 9.59 Å². The van der Waals surface area contributed by atoms with Crippen molar-refractivity contribution in [2.45, 2.75) is 51.2 Å². The number of likely N-dealkylation sites (N-methyl/N-ethyl adjacent to an activating group) is 1. The van der Waals surface area contributed by atoms with E-state index in [1.54, 1.807) is 7.05 Å². The first-order valence-electron chi connectivity index (χ1n) is 12.7. The summed E-state index contributed by atoms with van der Waals surface area (Å²) in [6.07, 6.45) is 5.72. The van der Waals surface area contributed by atoms with Crippen LogP contribution >= 0.6 is 0 Å². The number of nitrogens with one attached hydrogen (secondary N) is 1. The van der Waals surface area contributed by atoms with Gasteiger partial charge in [-0.2, -0.15) is 0 Å². The summed E-state index contributed by atoms with van der Waals surface area (Å²) in [5.41, 5.74) is 2.65. The second kappa shape index (κ2) is 10.7. The molecule has 5 rings (SSSR count). The Balaban J connectivity index is 1.48. The summed E-state index contributed by atoms with van der Waals surface area (Å²) in [7, 11) is 1.70. The molecule has 0 atom stereocenters. The Kier molecular flexibility index (Phi) is 7.69. The van der Waals surface area contributed by atoms with E-state index in [1.165, 1.54) is 4.90 Å². The summed E-state index contributed by atoms with van der Waals surface area (Å²) in [6, 6.07) is 15.9. The van der Waals surface area contributed by atoms with Gasteiger partial charge < -0.3 is 19.3 Å². The molecule has 3 aliphatic rings. The van der Waals surface area contributed by atoms with Crippen LogP contribution in [0.25, 0.3) is 17.2 Å². The quantitative estimate of drug-likeness (QED) is 0.535. The molecule has 3 saturated heterocycles. The zero-order valence-corrected chi connectivity index (χ0v) is 21.8. The van der Waals surface area contributed by atoms with Crippen LogP contribution in [0.2, 0.25) is 0 Å². The molecule has 2 amide bonds. The summed E-state index contributed by atoms with van der Waals surface area (Å²) in [5, 5.41) is 3.02. The van der Waals surface area contributed by atoms with E-state index in [9.17, 15) is 9.59 Å². The first-order valence-corrected chi connectivity index (χ1v) is 12.7. The number of piperidine rings is 3. The Labute approximate surface area is 214 Å². The van der Waals surface area contributed by atoms with Gasteiger partial charge in [0.2, 0.25) is 0 Å². The number of fused-ring (bicyclic) bond motifs is 3. The minimum Gasteiger partial charge on any atom is -0.444 e. The second-order valence-corrected chi connectivity index (χ2v) is 10.7. The largest absolute Gasteiger partial charge is 0.444 e. The fourth-order valence-electron chi connectivity index (χ4n) is 4.68. The topological polar surface area (TPSA) is 71.1 Å². The van der Waals surface area contributed by atoms with Crippen molar-refractivity contribution >= 4 is 23.9 Å². The van der Waals surface area contributed by atoms with Gasteiger partial charge in [-0.1, -0.05) is 54.6 Å². The first-order chi connectivity index (χ1) is 17.1. The third kappa shape index (κ3) is 6.66. The van der Waals surface area contributed by atoms with Crippen molar-refractivity contribution < 1.29 is 19.1 Å². The van der Waals surface area contributed by atoms with E-state index >= 15 is 0 Å². The van der Waals surface area contributed by atoms with Crippen LogP contribution < -0.4 is 5.32 Å². The van der Waals surface area contributed by atoms with E-state index in [1.807, 2.05) is 81.5 Å². The number of amides is 2. The molecule has 192 valence electrons. The molecule has 0 radical (unpaired) electrons. The molecule has 0 unspecified atom stereocenters. The van der Waals surface area contributed by atoms with Crippen molar-refractivity contribution in [3.8, 4) is 11.1 Å². The zero-order chi connectivity index (χ0) is 25.8. The van der Waals surface area contributed by atoms with Crippen LogP contribution in [0.4, 0.5) is 15.3 Å². The highest BCUT2D eigenvalue weighted by atomic mass is 16.6. The molecule has 3 fully saturated rings. The van der Waals surface area contributed by atoms with Crippen LogP contribution in [0.15, 0.2) is 54.6 Å². The van der Waals surface area contributed by atoms with E-state index in [-0.39, 0.29) is 11.7 Å². The number of rotatable bonds is 6. The average Bonchev–Trinajstić information content (AvgIpc) is 2.84. The summed E-state index contributed by atoms with van der Waals surface area (Å²) < 4.78 is 11.4. The van der Waals surface area contributed by atoms with E-state index in [4.69, 9.17) is 9.47 Å². The number of ether oxygens (including phenoxy) is 2. The molecule has 2 aromatic carbocycles. The molecular formula is C29H37N3O4. The van der Waals surface area contributed by atoms with Gasteiger partial charge in [0.25, 0.3) is 0 Å². The van der Waals surface area contributed by atoms with Crippen LogP contribution in [0.3, 0.4) is 0 Å². The van der Waals surface area contributed by atoms with Crippen LogP contribution in [0.1, 0.15) is 45.6 Å². The number of benzene rings is 2. The highest BCUT2D eigenvalue weighted by Crippen LogP contribution is 2.36. The van der Waals surface area contributed by atoms with Gasteiger partial charge in [-0.15, -0.1) is 0 Å². The van der Waals surface area contributed by atoms with Crippen molar-refractivity contribution in [3.63, 3.8) is 0 Å². The van der Waals surface area contributed by atoms with Gasteiger partial charge in [0.1, 0.15) is 11.2 Å². The molecule has 3 aliphatic heterocycles. The maximum atomic E-state index is 13.0. The SMILES string of the molecule is CN(C/C=C/c1ccc(-c2ccccc2)c(NC(=O)OC23CCN(CC2)CC3)c1)C(=O)OC(C)(C)C. The van der Waals surface area contributed by atoms with E-state index in [0.717, 1.165) is 55.6 Å². The van der Waals surface area contributed by atoms with Gasteiger partial charge in [-0.3, -0.25) is 5.32 Å².